The van der Waals surface area contributed by atoms with Gasteiger partial charge in [-0.25, -0.2) is 13.8 Å². The molecule has 0 aliphatic rings. The van der Waals surface area contributed by atoms with Crippen molar-refractivity contribution < 1.29 is 13.7 Å². The molecule has 0 amide bonds. The van der Waals surface area contributed by atoms with Gasteiger partial charge in [0.15, 0.2) is 5.82 Å². The molecule has 1 aromatic heterocycles. The Morgan fingerprint density at radius 2 is 2.14 bits per heavy atom. The first-order valence-corrected chi connectivity index (χ1v) is 6.28. The van der Waals surface area contributed by atoms with Crippen molar-refractivity contribution in [2.75, 3.05) is 5.32 Å². The number of nitrogens with one attached hydrogen (secondary N) is 1. The Labute approximate surface area is 119 Å². The van der Waals surface area contributed by atoms with Crippen LogP contribution in [0.2, 0.25) is 0 Å². The van der Waals surface area contributed by atoms with Gasteiger partial charge in [0.2, 0.25) is 0 Å². The standard InChI is InChI=1S/C13H14F2N4O2/c1-8(2)18-7-16-5-10(18)6-17-13-11(15)3-9(14)4-12(13)19(20)21/h3-5,7-8,17H,6H2,1-2H3. The highest BCUT2D eigenvalue weighted by Crippen LogP contribution is 2.29. The van der Waals surface area contributed by atoms with Gasteiger partial charge in [-0.1, -0.05) is 0 Å². The SMILES string of the molecule is CC(C)n1cncc1CNc1c(F)cc(F)cc1[N+](=O)[O-]. The summed E-state index contributed by atoms with van der Waals surface area (Å²) in [5, 5.41) is 13.5. The van der Waals surface area contributed by atoms with E-state index < -0.39 is 22.2 Å². The number of nitrogens with zero attached hydrogens (tertiary/aromatic N) is 3. The van der Waals surface area contributed by atoms with Crippen LogP contribution in [0.3, 0.4) is 0 Å². The number of benzene rings is 1. The Kier molecular flexibility index (Phi) is 4.15. The predicted octanol–water partition coefficient (Wildman–Crippen LogP) is 3.26. The molecular weight excluding hydrogens is 282 g/mol. The number of aromatic nitrogens is 2. The van der Waals surface area contributed by atoms with Crippen molar-refractivity contribution in [1.82, 2.24) is 9.55 Å². The van der Waals surface area contributed by atoms with Gasteiger partial charge in [0.25, 0.3) is 5.69 Å². The molecule has 0 aliphatic heterocycles. The predicted molar refractivity (Wildman–Crippen MR) is 73.0 cm³/mol. The van der Waals surface area contributed by atoms with Crippen molar-refractivity contribution in [2.45, 2.75) is 26.4 Å². The molecule has 0 radical (unpaired) electrons. The highest BCUT2D eigenvalue weighted by molar-refractivity contribution is 5.62. The van der Waals surface area contributed by atoms with Crippen LogP contribution in [0.4, 0.5) is 20.2 Å². The van der Waals surface area contributed by atoms with Crippen LogP contribution < -0.4 is 5.32 Å². The van der Waals surface area contributed by atoms with Crippen LogP contribution in [0.25, 0.3) is 0 Å². The summed E-state index contributed by atoms with van der Waals surface area (Å²) in [7, 11) is 0. The Balaban J connectivity index is 2.28. The second-order valence-corrected chi connectivity index (χ2v) is 4.78. The molecule has 112 valence electrons. The number of imidazole rings is 1. The van der Waals surface area contributed by atoms with Crippen LogP contribution in [0.5, 0.6) is 0 Å². The number of hydrogen-bond donors (Lipinski definition) is 1. The summed E-state index contributed by atoms with van der Waals surface area (Å²) in [4.78, 5) is 14.0. The number of nitro benzene ring substituents is 1. The zero-order valence-corrected chi connectivity index (χ0v) is 11.5. The Morgan fingerprint density at radius 1 is 1.43 bits per heavy atom. The van der Waals surface area contributed by atoms with Gasteiger partial charge >= 0.3 is 0 Å². The number of hydrogen-bond acceptors (Lipinski definition) is 4. The third-order valence-corrected chi connectivity index (χ3v) is 2.98. The van der Waals surface area contributed by atoms with E-state index in [4.69, 9.17) is 0 Å². The minimum absolute atomic E-state index is 0.140. The average Bonchev–Trinajstić information content (AvgIpc) is 2.85. The van der Waals surface area contributed by atoms with E-state index in [1.54, 1.807) is 12.5 Å². The number of halogens is 2. The van der Waals surface area contributed by atoms with Gasteiger partial charge in [0, 0.05) is 18.3 Å². The molecule has 1 heterocycles. The molecule has 1 N–H and O–H groups in total. The average molecular weight is 296 g/mol. The van der Waals surface area contributed by atoms with Crippen molar-refractivity contribution in [3.63, 3.8) is 0 Å². The minimum atomic E-state index is -1.00. The molecule has 0 bridgehead atoms. The summed E-state index contributed by atoms with van der Waals surface area (Å²) in [6.07, 6.45) is 3.21. The van der Waals surface area contributed by atoms with Crippen LogP contribution in [-0.4, -0.2) is 14.5 Å². The summed E-state index contributed by atoms with van der Waals surface area (Å²) < 4.78 is 28.6. The molecule has 0 saturated heterocycles. The van der Waals surface area contributed by atoms with E-state index in [1.165, 1.54) is 0 Å². The topological polar surface area (TPSA) is 73.0 Å². The summed E-state index contributed by atoms with van der Waals surface area (Å²) in [6, 6.07) is 1.44. The number of nitro groups is 1. The maximum atomic E-state index is 13.7. The zero-order valence-electron chi connectivity index (χ0n) is 11.5. The van der Waals surface area contributed by atoms with E-state index >= 15 is 0 Å². The molecule has 2 rings (SSSR count). The van der Waals surface area contributed by atoms with Gasteiger partial charge in [-0.3, -0.25) is 10.1 Å². The van der Waals surface area contributed by atoms with E-state index in [1.807, 2.05) is 18.4 Å². The first-order chi connectivity index (χ1) is 9.90. The monoisotopic (exact) mass is 296 g/mol. The molecule has 21 heavy (non-hydrogen) atoms. The molecular formula is C13H14F2N4O2. The molecule has 0 atom stereocenters. The fourth-order valence-electron chi connectivity index (χ4n) is 1.99. The van der Waals surface area contributed by atoms with Gasteiger partial charge in [-0.05, 0) is 13.8 Å². The smallest absolute Gasteiger partial charge is 0.298 e. The van der Waals surface area contributed by atoms with Crippen LogP contribution in [0, 0.1) is 21.7 Å². The summed E-state index contributed by atoms with van der Waals surface area (Å²) in [6.45, 7) is 4.04. The van der Waals surface area contributed by atoms with Crippen LogP contribution >= 0.6 is 0 Å². The lowest BCUT2D eigenvalue weighted by atomic mass is 10.2. The van der Waals surface area contributed by atoms with Crippen LogP contribution in [0.15, 0.2) is 24.7 Å². The van der Waals surface area contributed by atoms with Gasteiger partial charge in [0.05, 0.1) is 29.6 Å². The highest BCUT2D eigenvalue weighted by atomic mass is 19.1. The fourth-order valence-corrected chi connectivity index (χ4v) is 1.99. The quantitative estimate of drug-likeness (QED) is 0.679. The number of anilines is 1. The van der Waals surface area contributed by atoms with E-state index in [0.29, 0.717) is 12.1 Å². The molecule has 0 unspecified atom stereocenters. The lowest BCUT2D eigenvalue weighted by Gasteiger charge is -2.13. The first kappa shape index (κ1) is 14.9. The maximum absolute atomic E-state index is 13.7. The second-order valence-electron chi connectivity index (χ2n) is 4.78. The third kappa shape index (κ3) is 3.15. The second kappa shape index (κ2) is 5.86. The van der Waals surface area contributed by atoms with Crippen molar-refractivity contribution >= 4 is 11.4 Å². The van der Waals surface area contributed by atoms with Crippen LogP contribution in [-0.2, 0) is 6.54 Å². The zero-order chi connectivity index (χ0) is 15.6. The molecule has 0 aliphatic carbocycles. The van der Waals surface area contributed by atoms with Crippen molar-refractivity contribution in [1.29, 1.82) is 0 Å². The summed E-state index contributed by atoms with van der Waals surface area (Å²) in [5.74, 6) is -1.99. The third-order valence-electron chi connectivity index (χ3n) is 2.98. The Bertz CT molecular complexity index is 670. The summed E-state index contributed by atoms with van der Waals surface area (Å²) >= 11 is 0. The van der Waals surface area contributed by atoms with Crippen molar-refractivity contribution in [3.05, 3.63) is 52.1 Å². The van der Waals surface area contributed by atoms with Gasteiger partial charge in [-0.2, -0.15) is 0 Å². The van der Waals surface area contributed by atoms with E-state index in [-0.39, 0.29) is 18.3 Å². The van der Waals surface area contributed by atoms with Gasteiger partial charge in [-0.15, -0.1) is 0 Å². The van der Waals surface area contributed by atoms with E-state index in [2.05, 4.69) is 10.3 Å². The molecule has 8 heteroatoms. The Hall–Kier alpha value is -2.51. The molecule has 0 spiro atoms. The van der Waals surface area contributed by atoms with E-state index in [0.717, 1.165) is 5.69 Å². The lowest BCUT2D eigenvalue weighted by molar-refractivity contribution is -0.384. The summed E-state index contributed by atoms with van der Waals surface area (Å²) in [5.41, 5.74) is -0.232. The molecule has 1 aromatic carbocycles. The maximum Gasteiger partial charge on any atom is 0.298 e. The fraction of sp³-hybridized carbons (Fsp3) is 0.308. The Morgan fingerprint density at radius 3 is 2.76 bits per heavy atom. The van der Waals surface area contributed by atoms with Gasteiger partial charge in [0.1, 0.15) is 11.5 Å². The van der Waals surface area contributed by atoms with Gasteiger partial charge < -0.3 is 9.88 Å². The van der Waals surface area contributed by atoms with Crippen molar-refractivity contribution in [2.24, 2.45) is 0 Å². The minimum Gasteiger partial charge on any atom is -0.371 e. The molecule has 0 fully saturated rings. The lowest BCUT2D eigenvalue weighted by Crippen LogP contribution is -2.11. The van der Waals surface area contributed by atoms with Crippen LogP contribution in [0.1, 0.15) is 25.6 Å². The highest BCUT2D eigenvalue weighted by Gasteiger charge is 2.20. The largest absolute Gasteiger partial charge is 0.371 e. The molecule has 6 nitrogen and oxygen atoms in total. The molecule has 2 aromatic rings. The first-order valence-electron chi connectivity index (χ1n) is 6.28. The van der Waals surface area contributed by atoms with E-state index in [9.17, 15) is 18.9 Å². The number of rotatable bonds is 5. The normalized spacial score (nSPS) is 10.9. The molecule has 0 saturated carbocycles. The van der Waals surface area contributed by atoms with Crippen molar-refractivity contribution in [3.8, 4) is 0 Å².